The van der Waals surface area contributed by atoms with Crippen molar-refractivity contribution in [2.24, 2.45) is 10.7 Å². The summed E-state index contributed by atoms with van der Waals surface area (Å²) in [4.78, 5) is 18.3. The third kappa shape index (κ3) is 3.48. The number of nitrogens with zero attached hydrogens (tertiary/aromatic N) is 2. The molecule has 3 rings (SSSR count). The predicted molar refractivity (Wildman–Crippen MR) is 95.6 cm³/mol. The zero-order valence-corrected chi connectivity index (χ0v) is 13.5. The Balaban J connectivity index is 1.59. The highest BCUT2D eigenvalue weighted by Crippen LogP contribution is 2.27. The number of nitrogens with two attached hydrogens (primary N) is 1. The van der Waals surface area contributed by atoms with Crippen molar-refractivity contribution < 1.29 is 9.53 Å². The second-order valence-corrected chi connectivity index (χ2v) is 5.48. The lowest BCUT2D eigenvalue weighted by molar-refractivity contribution is -0.117. The van der Waals surface area contributed by atoms with Crippen LogP contribution in [0.25, 0.3) is 0 Å². The Kier molecular flexibility index (Phi) is 4.65. The largest absolute Gasteiger partial charge is 0.497 e. The lowest BCUT2D eigenvalue weighted by Crippen LogP contribution is -2.32. The van der Waals surface area contributed by atoms with Crippen molar-refractivity contribution in [2.75, 3.05) is 30.4 Å². The van der Waals surface area contributed by atoms with Crippen molar-refractivity contribution in [3.05, 3.63) is 54.1 Å². The minimum absolute atomic E-state index is 0.0172. The molecule has 1 amide bonds. The van der Waals surface area contributed by atoms with Crippen molar-refractivity contribution in [3.63, 3.8) is 0 Å². The molecule has 0 bridgehead atoms. The summed E-state index contributed by atoms with van der Waals surface area (Å²) in [6.07, 6.45) is 0.880. The number of hydrogen-bond acceptors (Lipinski definition) is 3. The lowest BCUT2D eigenvalue weighted by Gasteiger charge is -2.16. The SMILES string of the molecule is COc1ccc(NC(N)=NCC(=O)N2CCc3ccccc32)cc1. The minimum atomic E-state index is -0.0561. The van der Waals surface area contributed by atoms with E-state index in [0.29, 0.717) is 6.54 Å². The summed E-state index contributed by atoms with van der Waals surface area (Å²) >= 11 is 0. The summed E-state index contributed by atoms with van der Waals surface area (Å²) < 4.78 is 5.10. The number of hydrogen-bond donors (Lipinski definition) is 2. The van der Waals surface area contributed by atoms with E-state index in [1.807, 2.05) is 48.5 Å². The Bertz CT molecular complexity index is 756. The van der Waals surface area contributed by atoms with E-state index in [9.17, 15) is 4.79 Å². The molecule has 3 N–H and O–H groups in total. The number of nitrogens with one attached hydrogen (secondary N) is 1. The topological polar surface area (TPSA) is 80.0 Å². The Morgan fingerprint density at radius 2 is 2.00 bits per heavy atom. The van der Waals surface area contributed by atoms with E-state index in [4.69, 9.17) is 10.5 Å². The summed E-state index contributed by atoms with van der Waals surface area (Å²) in [5, 5.41) is 2.96. The first kappa shape index (κ1) is 15.9. The Morgan fingerprint density at radius 1 is 1.25 bits per heavy atom. The summed E-state index contributed by atoms with van der Waals surface area (Å²) in [7, 11) is 1.61. The van der Waals surface area contributed by atoms with E-state index in [1.54, 1.807) is 12.0 Å². The van der Waals surface area contributed by atoms with Gasteiger partial charge < -0.3 is 20.7 Å². The molecular weight excluding hydrogens is 304 g/mol. The van der Waals surface area contributed by atoms with Gasteiger partial charge in [-0.2, -0.15) is 0 Å². The number of fused-ring (bicyclic) bond motifs is 1. The fraction of sp³-hybridized carbons (Fsp3) is 0.222. The third-order valence-corrected chi connectivity index (χ3v) is 3.94. The van der Waals surface area contributed by atoms with Crippen LogP contribution < -0.4 is 20.7 Å². The average Bonchev–Trinajstić information content (AvgIpc) is 3.04. The van der Waals surface area contributed by atoms with Gasteiger partial charge in [-0.25, -0.2) is 4.99 Å². The van der Waals surface area contributed by atoms with Crippen LogP contribution in [0.4, 0.5) is 11.4 Å². The Hall–Kier alpha value is -3.02. The first-order valence-electron chi connectivity index (χ1n) is 7.76. The minimum Gasteiger partial charge on any atom is -0.497 e. The molecule has 0 unspecified atom stereocenters. The average molecular weight is 324 g/mol. The van der Waals surface area contributed by atoms with E-state index < -0.39 is 0 Å². The number of carbonyl (C=O) groups is 1. The van der Waals surface area contributed by atoms with Gasteiger partial charge >= 0.3 is 0 Å². The molecule has 0 saturated heterocycles. The number of para-hydroxylation sites is 1. The molecule has 6 heteroatoms. The number of guanidine groups is 1. The predicted octanol–water partition coefficient (Wildman–Crippen LogP) is 2.01. The van der Waals surface area contributed by atoms with Crippen molar-refractivity contribution in [2.45, 2.75) is 6.42 Å². The van der Waals surface area contributed by atoms with Crippen LogP contribution in [0.2, 0.25) is 0 Å². The van der Waals surface area contributed by atoms with E-state index in [0.717, 1.165) is 23.5 Å². The van der Waals surface area contributed by atoms with Crippen LogP contribution in [-0.4, -0.2) is 32.1 Å². The second kappa shape index (κ2) is 7.04. The molecule has 0 spiro atoms. The molecule has 2 aromatic carbocycles. The van der Waals surface area contributed by atoms with Crippen molar-refractivity contribution in [1.82, 2.24) is 0 Å². The molecule has 1 aliphatic heterocycles. The number of aliphatic imine (C=N–C) groups is 1. The third-order valence-electron chi connectivity index (χ3n) is 3.94. The normalized spacial score (nSPS) is 13.5. The van der Waals surface area contributed by atoms with Gasteiger partial charge in [-0.1, -0.05) is 18.2 Å². The summed E-state index contributed by atoms with van der Waals surface area (Å²) in [6.45, 7) is 0.711. The molecule has 0 radical (unpaired) electrons. The molecule has 0 atom stereocenters. The highest BCUT2D eigenvalue weighted by atomic mass is 16.5. The van der Waals surface area contributed by atoms with Crippen molar-refractivity contribution in [1.29, 1.82) is 0 Å². The molecule has 0 fully saturated rings. The van der Waals surface area contributed by atoms with Crippen LogP contribution in [0.3, 0.4) is 0 Å². The number of methoxy groups -OCH3 is 1. The zero-order valence-electron chi connectivity index (χ0n) is 13.5. The number of benzene rings is 2. The van der Waals surface area contributed by atoms with Crippen molar-refractivity contribution in [3.8, 4) is 5.75 Å². The monoisotopic (exact) mass is 324 g/mol. The molecule has 0 aromatic heterocycles. The first-order valence-corrected chi connectivity index (χ1v) is 7.76. The van der Waals surface area contributed by atoms with E-state index >= 15 is 0 Å². The quantitative estimate of drug-likeness (QED) is 0.666. The van der Waals surface area contributed by atoms with Gasteiger partial charge in [0.2, 0.25) is 5.91 Å². The number of rotatable bonds is 4. The van der Waals surface area contributed by atoms with Crippen LogP contribution in [-0.2, 0) is 11.2 Å². The standard InChI is InChI=1S/C18H20N4O2/c1-24-15-8-6-14(7-9-15)21-18(19)20-12-17(23)22-11-10-13-4-2-3-5-16(13)22/h2-9H,10-12H2,1H3,(H3,19,20,21). The van der Waals surface area contributed by atoms with Crippen molar-refractivity contribution >= 4 is 23.2 Å². The maximum Gasteiger partial charge on any atom is 0.248 e. The highest BCUT2D eigenvalue weighted by molar-refractivity contribution is 5.99. The first-order chi connectivity index (χ1) is 11.7. The molecule has 24 heavy (non-hydrogen) atoms. The highest BCUT2D eigenvalue weighted by Gasteiger charge is 2.23. The van der Waals surface area contributed by atoms with Gasteiger partial charge in [0.1, 0.15) is 12.3 Å². The maximum atomic E-state index is 12.4. The summed E-state index contributed by atoms with van der Waals surface area (Å²) in [5.41, 5.74) is 8.81. The van der Waals surface area contributed by atoms with Crippen LogP contribution in [0.15, 0.2) is 53.5 Å². The van der Waals surface area contributed by atoms with Gasteiger partial charge in [-0.15, -0.1) is 0 Å². The van der Waals surface area contributed by atoms with Gasteiger partial charge in [0.05, 0.1) is 7.11 Å². The Labute approximate surface area is 140 Å². The van der Waals surface area contributed by atoms with E-state index in [-0.39, 0.29) is 18.4 Å². The summed E-state index contributed by atoms with van der Waals surface area (Å²) in [5.74, 6) is 0.916. The van der Waals surface area contributed by atoms with E-state index in [1.165, 1.54) is 5.56 Å². The molecule has 1 aliphatic rings. The molecule has 124 valence electrons. The maximum absolute atomic E-state index is 12.4. The summed E-state index contributed by atoms with van der Waals surface area (Å²) in [6, 6.07) is 15.2. The van der Waals surface area contributed by atoms with Gasteiger partial charge in [0.15, 0.2) is 5.96 Å². The second-order valence-electron chi connectivity index (χ2n) is 5.48. The van der Waals surface area contributed by atoms with Crippen LogP contribution >= 0.6 is 0 Å². The number of amides is 1. The van der Waals surface area contributed by atoms with E-state index in [2.05, 4.69) is 10.3 Å². The molecule has 0 saturated carbocycles. The smallest absolute Gasteiger partial charge is 0.248 e. The molecule has 6 nitrogen and oxygen atoms in total. The zero-order chi connectivity index (χ0) is 16.9. The lowest BCUT2D eigenvalue weighted by atomic mass is 10.2. The Morgan fingerprint density at radius 3 is 2.75 bits per heavy atom. The molecule has 0 aliphatic carbocycles. The fourth-order valence-electron chi connectivity index (χ4n) is 2.70. The van der Waals surface area contributed by atoms with Crippen LogP contribution in [0.5, 0.6) is 5.75 Å². The van der Waals surface area contributed by atoms with Gasteiger partial charge in [0.25, 0.3) is 0 Å². The molecule has 2 aromatic rings. The molecule has 1 heterocycles. The fourth-order valence-corrected chi connectivity index (χ4v) is 2.70. The van der Waals surface area contributed by atoms with Gasteiger partial charge in [0, 0.05) is 17.9 Å². The van der Waals surface area contributed by atoms with Gasteiger partial charge in [-0.3, -0.25) is 4.79 Å². The van der Waals surface area contributed by atoms with Crippen LogP contribution in [0, 0.1) is 0 Å². The number of carbonyl (C=O) groups excluding carboxylic acids is 1. The molecular formula is C18H20N4O2. The van der Waals surface area contributed by atoms with Crippen LogP contribution in [0.1, 0.15) is 5.56 Å². The number of ether oxygens (including phenoxy) is 1. The van der Waals surface area contributed by atoms with Gasteiger partial charge in [-0.05, 0) is 42.3 Å². The number of anilines is 2.